The molecule has 0 fully saturated rings. The van der Waals surface area contributed by atoms with Crippen LogP contribution in [0.15, 0.2) is 71.2 Å². The van der Waals surface area contributed by atoms with E-state index in [0.717, 1.165) is 11.3 Å². The van der Waals surface area contributed by atoms with Crippen LogP contribution in [-0.4, -0.2) is 31.5 Å². The molecular weight excluding hydrogens is 420 g/mol. The number of nitrogen functional groups attached to an aromatic ring is 1. The highest BCUT2D eigenvalue weighted by Gasteiger charge is 2.14. The van der Waals surface area contributed by atoms with Crippen LogP contribution in [0.2, 0.25) is 0 Å². The Morgan fingerprint density at radius 1 is 1.10 bits per heavy atom. The zero-order valence-corrected chi connectivity index (χ0v) is 17.4. The summed E-state index contributed by atoms with van der Waals surface area (Å²) in [5.41, 5.74) is 1.83. The molecule has 0 bridgehead atoms. The molecule has 0 aliphatic rings. The molecule has 0 saturated carbocycles. The third-order valence-corrected chi connectivity index (χ3v) is 5.70. The van der Waals surface area contributed by atoms with Gasteiger partial charge in [-0.2, -0.15) is 0 Å². The van der Waals surface area contributed by atoms with Crippen molar-refractivity contribution in [2.45, 2.75) is 11.8 Å². The Labute approximate surface area is 181 Å². The summed E-state index contributed by atoms with van der Waals surface area (Å²) >= 11 is 2.57. The summed E-state index contributed by atoms with van der Waals surface area (Å²) in [6.07, 6.45) is 0. The van der Waals surface area contributed by atoms with Gasteiger partial charge in [0.15, 0.2) is 11.0 Å². The van der Waals surface area contributed by atoms with Gasteiger partial charge in [0.1, 0.15) is 12.4 Å². The molecule has 152 valence electrons. The number of ether oxygens (including phenoxy) is 1. The van der Waals surface area contributed by atoms with Gasteiger partial charge in [0.25, 0.3) is 0 Å². The number of para-hydroxylation sites is 1. The van der Waals surface area contributed by atoms with Gasteiger partial charge in [-0.3, -0.25) is 4.79 Å². The molecular formula is C20H18N6O2S2. The van der Waals surface area contributed by atoms with E-state index in [1.54, 1.807) is 0 Å². The number of hydrogen-bond donors (Lipinski definition) is 2. The average Bonchev–Trinajstić information content (AvgIpc) is 3.39. The minimum absolute atomic E-state index is 0.134. The predicted octanol–water partition coefficient (Wildman–Crippen LogP) is 3.43. The molecule has 0 radical (unpaired) electrons. The number of nitrogens with one attached hydrogen (secondary N) is 1. The number of thiazole rings is 1. The predicted molar refractivity (Wildman–Crippen MR) is 118 cm³/mol. The molecule has 0 saturated heterocycles. The maximum atomic E-state index is 12.3. The van der Waals surface area contributed by atoms with Crippen LogP contribution in [-0.2, 0) is 11.4 Å². The van der Waals surface area contributed by atoms with E-state index in [-0.39, 0.29) is 18.3 Å². The Hall–Kier alpha value is -3.37. The van der Waals surface area contributed by atoms with Gasteiger partial charge in [-0.05, 0) is 12.1 Å². The number of carbonyl (C=O) groups is 1. The molecule has 4 rings (SSSR count). The molecule has 3 N–H and O–H groups in total. The molecule has 4 aromatic rings. The molecule has 0 aliphatic carbocycles. The van der Waals surface area contributed by atoms with Crippen LogP contribution < -0.4 is 15.9 Å². The number of carbonyl (C=O) groups excluding carboxylic acids is 1. The van der Waals surface area contributed by atoms with Crippen molar-refractivity contribution in [3.05, 3.63) is 71.9 Å². The van der Waals surface area contributed by atoms with E-state index in [1.165, 1.54) is 27.8 Å². The first-order chi connectivity index (χ1) is 14.7. The molecule has 0 spiro atoms. The van der Waals surface area contributed by atoms with E-state index in [4.69, 9.17) is 10.6 Å². The van der Waals surface area contributed by atoms with Crippen molar-refractivity contribution in [1.82, 2.24) is 19.9 Å². The summed E-state index contributed by atoms with van der Waals surface area (Å²) in [5.74, 6) is 7.14. The highest BCUT2D eigenvalue weighted by Crippen LogP contribution is 2.25. The lowest BCUT2D eigenvalue weighted by Gasteiger charge is -2.06. The lowest BCUT2D eigenvalue weighted by molar-refractivity contribution is -0.113. The van der Waals surface area contributed by atoms with Crippen LogP contribution in [0.4, 0.5) is 5.13 Å². The van der Waals surface area contributed by atoms with Crippen molar-refractivity contribution in [3.63, 3.8) is 0 Å². The van der Waals surface area contributed by atoms with E-state index in [1.807, 2.05) is 66.0 Å². The number of amides is 1. The normalized spacial score (nSPS) is 10.7. The number of anilines is 1. The van der Waals surface area contributed by atoms with Crippen LogP contribution in [0.25, 0.3) is 11.3 Å². The number of benzene rings is 2. The van der Waals surface area contributed by atoms with E-state index < -0.39 is 0 Å². The minimum Gasteiger partial charge on any atom is -0.486 e. The number of nitrogens with two attached hydrogens (primary N) is 1. The summed E-state index contributed by atoms with van der Waals surface area (Å²) in [5, 5.41) is 13.7. The maximum absolute atomic E-state index is 12.3. The van der Waals surface area contributed by atoms with Gasteiger partial charge in [-0.15, -0.1) is 21.5 Å². The Morgan fingerprint density at radius 3 is 2.60 bits per heavy atom. The van der Waals surface area contributed by atoms with Crippen molar-refractivity contribution in [3.8, 4) is 17.0 Å². The van der Waals surface area contributed by atoms with Crippen LogP contribution >= 0.6 is 23.1 Å². The summed E-state index contributed by atoms with van der Waals surface area (Å²) in [6, 6.07) is 19.2. The Morgan fingerprint density at radius 2 is 1.83 bits per heavy atom. The van der Waals surface area contributed by atoms with Gasteiger partial charge in [0.05, 0.1) is 11.4 Å². The van der Waals surface area contributed by atoms with Crippen molar-refractivity contribution >= 4 is 34.1 Å². The molecule has 0 unspecified atom stereocenters. The Balaban J connectivity index is 1.29. The second-order valence-corrected chi connectivity index (χ2v) is 7.91. The highest BCUT2D eigenvalue weighted by molar-refractivity contribution is 7.99. The van der Waals surface area contributed by atoms with Gasteiger partial charge >= 0.3 is 0 Å². The first-order valence-corrected chi connectivity index (χ1v) is 10.9. The molecule has 2 aromatic heterocycles. The SMILES string of the molecule is Nn1c(COc2ccccc2)nnc1SCC(=O)Nc1nc(-c2ccccc2)cs1. The number of rotatable bonds is 8. The first kappa shape index (κ1) is 19.9. The third kappa shape index (κ3) is 4.97. The van der Waals surface area contributed by atoms with Crippen molar-refractivity contribution < 1.29 is 9.53 Å². The largest absolute Gasteiger partial charge is 0.486 e. The summed E-state index contributed by atoms with van der Waals surface area (Å²) < 4.78 is 6.96. The van der Waals surface area contributed by atoms with E-state index in [0.29, 0.717) is 21.9 Å². The second-order valence-electron chi connectivity index (χ2n) is 6.11. The van der Waals surface area contributed by atoms with Crippen LogP contribution in [0.1, 0.15) is 5.82 Å². The molecule has 0 aliphatic heterocycles. The monoisotopic (exact) mass is 438 g/mol. The Bertz CT molecular complexity index is 1110. The number of aromatic nitrogens is 4. The van der Waals surface area contributed by atoms with Gasteiger partial charge in [-0.25, -0.2) is 9.66 Å². The quantitative estimate of drug-likeness (QED) is 0.320. The van der Waals surface area contributed by atoms with Crippen molar-refractivity contribution in [2.24, 2.45) is 0 Å². The zero-order valence-electron chi connectivity index (χ0n) is 15.8. The van der Waals surface area contributed by atoms with Gasteiger partial charge in [0.2, 0.25) is 11.1 Å². The van der Waals surface area contributed by atoms with E-state index in [2.05, 4.69) is 20.5 Å². The van der Waals surface area contributed by atoms with Crippen LogP contribution in [0.5, 0.6) is 5.75 Å². The average molecular weight is 439 g/mol. The summed E-state index contributed by atoms with van der Waals surface area (Å²) in [6.45, 7) is 0.182. The minimum atomic E-state index is -0.195. The van der Waals surface area contributed by atoms with Crippen LogP contribution in [0.3, 0.4) is 0 Å². The fourth-order valence-electron chi connectivity index (χ4n) is 2.53. The molecule has 10 heteroatoms. The Kier molecular flexibility index (Phi) is 6.26. The number of hydrogen-bond acceptors (Lipinski definition) is 8. The maximum Gasteiger partial charge on any atom is 0.236 e. The number of thioether (sulfide) groups is 1. The van der Waals surface area contributed by atoms with Crippen molar-refractivity contribution in [2.75, 3.05) is 16.9 Å². The van der Waals surface area contributed by atoms with E-state index in [9.17, 15) is 4.79 Å². The third-order valence-electron chi connectivity index (χ3n) is 4.00. The topological polar surface area (TPSA) is 108 Å². The van der Waals surface area contributed by atoms with Crippen molar-refractivity contribution in [1.29, 1.82) is 0 Å². The molecule has 0 atom stereocenters. The fraction of sp³-hybridized carbons (Fsp3) is 0.100. The molecule has 2 aromatic carbocycles. The fourth-order valence-corrected chi connectivity index (χ4v) is 3.94. The lowest BCUT2D eigenvalue weighted by atomic mass is 10.2. The molecule has 1 amide bonds. The first-order valence-electron chi connectivity index (χ1n) is 9.00. The lowest BCUT2D eigenvalue weighted by Crippen LogP contribution is -2.18. The molecule has 30 heavy (non-hydrogen) atoms. The van der Waals surface area contributed by atoms with E-state index >= 15 is 0 Å². The molecule has 2 heterocycles. The summed E-state index contributed by atoms with van der Waals surface area (Å²) in [4.78, 5) is 16.7. The second kappa shape index (κ2) is 9.42. The van der Waals surface area contributed by atoms with Gasteiger partial charge in [-0.1, -0.05) is 60.3 Å². The zero-order chi connectivity index (χ0) is 20.8. The van der Waals surface area contributed by atoms with Gasteiger partial charge < -0.3 is 15.9 Å². The molecule has 8 nitrogen and oxygen atoms in total. The summed E-state index contributed by atoms with van der Waals surface area (Å²) in [7, 11) is 0. The standard InChI is InChI=1S/C20H18N6O2S2/c21-26-17(11-28-15-9-5-2-6-10-15)24-25-20(26)30-13-18(27)23-19-22-16(12-29-19)14-7-3-1-4-8-14/h1-10,12H,11,13,21H2,(H,22,23,27). The van der Waals surface area contributed by atoms with Crippen LogP contribution in [0, 0.1) is 0 Å². The smallest absolute Gasteiger partial charge is 0.236 e. The van der Waals surface area contributed by atoms with Gasteiger partial charge in [0, 0.05) is 10.9 Å². The number of nitrogens with zero attached hydrogens (tertiary/aromatic N) is 4. The highest BCUT2D eigenvalue weighted by atomic mass is 32.2.